The molecule has 0 spiro atoms. The highest BCUT2D eigenvalue weighted by Crippen LogP contribution is 2.46. The fourth-order valence-corrected chi connectivity index (χ4v) is 6.86. The highest BCUT2D eigenvalue weighted by atomic mass is 16.2. The molecular weight excluding hydrogens is 572 g/mol. The van der Waals surface area contributed by atoms with Crippen molar-refractivity contribution in [2.75, 3.05) is 11.9 Å². The van der Waals surface area contributed by atoms with E-state index in [9.17, 15) is 19.2 Å². The molecule has 2 aliphatic carbocycles. The van der Waals surface area contributed by atoms with Gasteiger partial charge in [-0.05, 0) is 76.1 Å². The lowest BCUT2D eigenvalue weighted by atomic mass is 9.80. The largest absolute Gasteiger partial charge is 0.385 e. The van der Waals surface area contributed by atoms with E-state index in [-0.39, 0.29) is 24.0 Å². The molecule has 4 amide bonds. The summed E-state index contributed by atoms with van der Waals surface area (Å²) in [4.78, 5) is 60.3. The van der Waals surface area contributed by atoms with Crippen LogP contribution < -0.4 is 10.6 Å². The minimum absolute atomic E-state index is 0.0954. The van der Waals surface area contributed by atoms with Gasteiger partial charge in [0, 0.05) is 42.4 Å². The Morgan fingerprint density at radius 1 is 0.978 bits per heavy atom. The number of pyridine rings is 1. The predicted octanol–water partition coefficient (Wildman–Crippen LogP) is 4.22. The van der Waals surface area contributed by atoms with Gasteiger partial charge in [0.05, 0.1) is 46.6 Å². The second-order valence-electron chi connectivity index (χ2n) is 13.1. The Balaban J connectivity index is 0.930. The fraction of sp³-hybridized carbons (Fsp3) is 0.424. The van der Waals surface area contributed by atoms with Crippen LogP contribution in [0.4, 0.5) is 5.69 Å². The first-order chi connectivity index (χ1) is 21.7. The second kappa shape index (κ2) is 10.4. The summed E-state index contributed by atoms with van der Waals surface area (Å²) in [5.41, 5.74) is 6.49. The highest BCUT2D eigenvalue weighted by molar-refractivity contribution is 6.23. The molecule has 8 rings (SSSR count). The van der Waals surface area contributed by atoms with E-state index in [0.717, 1.165) is 70.8 Å². The lowest BCUT2D eigenvalue weighted by molar-refractivity contribution is -0.136. The summed E-state index contributed by atoms with van der Waals surface area (Å²) in [5, 5.41) is 10.7. The van der Waals surface area contributed by atoms with Gasteiger partial charge in [0.2, 0.25) is 11.8 Å². The Morgan fingerprint density at radius 3 is 2.53 bits per heavy atom. The van der Waals surface area contributed by atoms with Crippen LogP contribution >= 0.6 is 0 Å². The van der Waals surface area contributed by atoms with E-state index < -0.39 is 29.7 Å². The van der Waals surface area contributed by atoms with Crippen LogP contribution in [-0.4, -0.2) is 65.4 Å². The number of fused-ring (bicyclic) bond motifs is 2. The van der Waals surface area contributed by atoms with Crippen molar-refractivity contribution >= 4 is 40.3 Å². The van der Waals surface area contributed by atoms with Crippen molar-refractivity contribution < 1.29 is 19.2 Å². The second-order valence-corrected chi connectivity index (χ2v) is 13.1. The molecule has 2 aliphatic heterocycles. The predicted molar refractivity (Wildman–Crippen MR) is 164 cm³/mol. The number of nitrogens with one attached hydrogen (secondary N) is 2. The Kier molecular flexibility index (Phi) is 6.36. The summed E-state index contributed by atoms with van der Waals surface area (Å²) in [6, 6.07) is 6.92. The lowest BCUT2D eigenvalue weighted by Gasteiger charge is -2.35. The molecule has 1 atom stereocenters. The van der Waals surface area contributed by atoms with Gasteiger partial charge in [-0.25, -0.2) is 4.98 Å². The summed E-state index contributed by atoms with van der Waals surface area (Å²) in [7, 11) is 0. The topological polar surface area (TPSA) is 144 Å². The van der Waals surface area contributed by atoms with E-state index in [4.69, 9.17) is 10.1 Å². The van der Waals surface area contributed by atoms with Crippen molar-refractivity contribution in [3.05, 3.63) is 59.8 Å². The number of aromatic nitrogens is 5. The number of carbonyl (C=O) groups excluding carboxylic acids is 4. The average molecular weight is 607 g/mol. The number of amides is 4. The van der Waals surface area contributed by atoms with Gasteiger partial charge < -0.3 is 9.88 Å². The molecule has 230 valence electrons. The molecule has 0 bridgehead atoms. The van der Waals surface area contributed by atoms with Gasteiger partial charge in [-0.2, -0.15) is 5.10 Å². The molecule has 4 aromatic rings. The molecule has 0 radical (unpaired) electrons. The number of carbonyl (C=O) groups is 4. The van der Waals surface area contributed by atoms with Crippen molar-refractivity contribution in [3.63, 3.8) is 0 Å². The van der Waals surface area contributed by atoms with Gasteiger partial charge in [0.1, 0.15) is 11.6 Å². The molecule has 2 saturated carbocycles. The van der Waals surface area contributed by atoms with Crippen molar-refractivity contribution in [1.82, 2.24) is 34.5 Å². The van der Waals surface area contributed by atoms with Gasteiger partial charge in [-0.15, -0.1) is 0 Å². The van der Waals surface area contributed by atoms with Crippen LogP contribution in [0.2, 0.25) is 0 Å². The molecular formula is C33H34N8O4. The summed E-state index contributed by atoms with van der Waals surface area (Å²) in [5.74, 6) is -1.07. The molecule has 45 heavy (non-hydrogen) atoms. The normalized spacial score (nSPS) is 23.1. The number of imidazole rings is 1. The van der Waals surface area contributed by atoms with Crippen LogP contribution in [0.15, 0.2) is 43.0 Å². The van der Waals surface area contributed by atoms with Gasteiger partial charge in [0.25, 0.3) is 11.8 Å². The summed E-state index contributed by atoms with van der Waals surface area (Å²) >= 11 is 0. The summed E-state index contributed by atoms with van der Waals surface area (Å²) < 4.78 is 4.31. The van der Waals surface area contributed by atoms with E-state index in [1.54, 1.807) is 18.2 Å². The number of anilines is 1. The zero-order valence-electron chi connectivity index (χ0n) is 25.2. The molecule has 2 N–H and O–H groups in total. The van der Waals surface area contributed by atoms with Gasteiger partial charge in [-0.1, -0.05) is 0 Å². The van der Waals surface area contributed by atoms with Crippen molar-refractivity contribution in [1.29, 1.82) is 0 Å². The minimum Gasteiger partial charge on any atom is -0.385 e. The van der Waals surface area contributed by atoms with E-state index in [0.29, 0.717) is 23.9 Å². The van der Waals surface area contributed by atoms with Crippen LogP contribution in [-0.2, 0) is 9.59 Å². The standard InChI is InChI=1S/C33H34N8O4/c1-17(2)39-16-36-26-14-35-25(12-28(26)39)24-15-40(38-30(24)19-3-4-19)21-9-18(10-21)13-34-20-5-6-22-23(11-20)33(45)41(32(22)44)27-7-8-29(42)37-31(27)43/h5-6,11-12,14-19,21,27,34H,3-4,7-10,13H2,1-2H3,(H,37,42,43). The number of imide groups is 2. The van der Waals surface area contributed by atoms with Crippen molar-refractivity contribution in [3.8, 4) is 11.3 Å². The number of hydrogen-bond acceptors (Lipinski definition) is 8. The van der Waals surface area contributed by atoms with Crippen molar-refractivity contribution in [2.24, 2.45) is 5.92 Å². The molecule has 1 unspecified atom stereocenters. The van der Waals surface area contributed by atoms with E-state index in [2.05, 4.69) is 51.0 Å². The Bertz CT molecular complexity index is 1900. The van der Waals surface area contributed by atoms with Crippen LogP contribution in [0.25, 0.3) is 22.3 Å². The Morgan fingerprint density at radius 2 is 1.78 bits per heavy atom. The first kappa shape index (κ1) is 27.7. The van der Waals surface area contributed by atoms with Gasteiger partial charge in [-0.3, -0.25) is 39.1 Å². The lowest BCUT2D eigenvalue weighted by Crippen LogP contribution is -2.54. The number of nitrogens with zero attached hydrogens (tertiary/aromatic N) is 6. The summed E-state index contributed by atoms with van der Waals surface area (Å²) in [6.45, 7) is 5.04. The summed E-state index contributed by atoms with van der Waals surface area (Å²) in [6.07, 6.45) is 10.4. The average Bonchev–Trinajstić information content (AvgIpc) is 3.52. The van der Waals surface area contributed by atoms with E-state index >= 15 is 0 Å². The molecule has 1 aromatic carbocycles. The maximum Gasteiger partial charge on any atom is 0.262 e. The molecule has 1 saturated heterocycles. The van der Waals surface area contributed by atoms with Crippen LogP contribution in [0.1, 0.15) is 96.8 Å². The zero-order valence-corrected chi connectivity index (χ0v) is 25.2. The molecule has 12 heteroatoms. The molecule has 3 fully saturated rings. The highest BCUT2D eigenvalue weighted by Gasteiger charge is 2.44. The van der Waals surface area contributed by atoms with E-state index in [1.807, 2.05) is 12.5 Å². The zero-order chi connectivity index (χ0) is 31.0. The van der Waals surface area contributed by atoms with E-state index in [1.165, 1.54) is 0 Å². The first-order valence-corrected chi connectivity index (χ1v) is 15.8. The molecule has 3 aromatic heterocycles. The number of benzene rings is 1. The minimum atomic E-state index is -0.969. The van der Waals surface area contributed by atoms with Gasteiger partial charge >= 0.3 is 0 Å². The smallest absolute Gasteiger partial charge is 0.262 e. The Hall–Kier alpha value is -4.87. The number of hydrogen-bond donors (Lipinski definition) is 2. The van der Waals surface area contributed by atoms with Crippen molar-refractivity contribution in [2.45, 2.75) is 76.4 Å². The third-order valence-corrected chi connectivity index (χ3v) is 9.64. The Labute approximate surface area is 259 Å². The fourth-order valence-electron chi connectivity index (χ4n) is 6.86. The first-order valence-electron chi connectivity index (χ1n) is 15.8. The van der Waals surface area contributed by atoms with Crippen LogP contribution in [0, 0.1) is 5.92 Å². The molecule has 4 aliphatic rings. The number of piperidine rings is 1. The molecule has 5 heterocycles. The van der Waals surface area contributed by atoms with Crippen LogP contribution in [0.3, 0.4) is 0 Å². The quantitative estimate of drug-likeness (QED) is 0.284. The third kappa shape index (κ3) is 4.70. The maximum absolute atomic E-state index is 13.2. The van der Waals surface area contributed by atoms with Gasteiger partial charge in [0.15, 0.2) is 0 Å². The monoisotopic (exact) mass is 606 g/mol. The maximum atomic E-state index is 13.2. The third-order valence-electron chi connectivity index (χ3n) is 9.64. The SMILES string of the molecule is CC(C)n1cnc2cnc(-c3cn(C4CC(CNc5ccc6c(c5)C(=O)N(C5CCC(=O)NC5=O)C6=O)C4)nc3C3CC3)cc21. The number of rotatable bonds is 8. The molecule has 12 nitrogen and oxygen atoms in total. The van der Waals surface area contributed by atoms with Crippen LogP contribution in [0.5, 0.6) is 0 Å².